The van der Waals surface area contributed by atoms with Crippen LogP contribution in [0.4, 0.5) is 0 Å². The predicted octanol–water partition coefficient (Wildman–Crippen LogP) is 2.56. The summed E-state index contributed by atoms with van der Waals surface area (Å²) in [5.41, 5.74) is 4.67. The van der Waals surface area contributed by atoms with Crippen molar-refractivity contribution in [1.29, 1.82) is 0 Å². The number of carbonyl (C=O) groups is 2. The second-order valence-corrected chi connectivity index (χ2v) is 7.55. The van der Waals surface area contributed by atoms with Crippen LogP contribution in [0.2, 0.25) is 0 Å². The van der Waals surface area contributed by atoms with Crippen LogP contribution in [0.3, 0.4) is 0 Å². The van der Waals surface area contributed by atoms with Gasteiger partial charge in [-0.15, -0.1) is 0 Å². The van der Waals surface area contributed by atoms with Crippen molar-refractivity contribution in [2.75, 3.05) is 27.3 Å². The highest BCUT2D eigenvalue weighted by Crippen LogP contribution is 2.33. The van der Waals surface area contributed by atoms with Gasteiger partial charge in [-0.1, -0.05) is 24.3 Å². The van der Waals surface area contributed by atoms with Gasteiger partial charge in [0.2, 0.25) is 11.8 Å². The lowest BCUT2D eigenvalue weighted by Crippen LogP contribution is -2.41. The summed E-state index contributed by atoms with van der Waals surface area (Å²) < 4.78 is 10.7. The van der Waals surface area contributed by atoms with E-state index in [1.54, 1.807) is 24.0 Å². The van der Waals surface area contributed by atoms with Crippen LogP contribution in [0.25, 0.3) is 0 Å². The predicted molar refractivity (Wildman–Crippen MR) is 109 cm³/mol. The Hall–Kier alpha value is -3.02. The summed E-state index contributed by atoms with van der Waals surface area (Å²) in [6.45, 7) is 2.35. The van der Waals surface area contributed by atoms with Gasteiger partial charge in [0.05, 0.1) is 14.2 Å². The second-order valence-electron chi connectivity index (χ2n) is 7.55. The van der Waals surface area contributed by atoms with Gasteiger partial charge in [0.15, 0.2) is 11.5 Å². The van der Waals surface area contributed by atoms with Gasteiger partial charge in [-0.2, -0.15) is 0 Å². The quantitative estimate of drug-likeness (QED) is 0.748. The number of fused-ring (bicyclic) bond motifs is 2. The maximum atomic E-state index is 12.8. The first kappa shape index (κ1) is 19.3. The molecule has 2 aliphatic heterocycles. The van der Waals surface area contributed by atoms with Gasteiger partial charge in [0, 0.05) is 26.2 Å². The normalized spacial score (nSPS) is 15.4. The molecule has 0 saturated heterocycles. The van der Waals surface area contributed by atoms with Gasteiger partial charge in [-0.05, 0) is 47.2 Å². The van der Waals surface area contributed by atoms with Crippen LogP contribution in [0.1, 0.15) is 28.7 Å². The van der Waals surface area contributed by atoms with Gasteiger partial charge in [-0.25, -0.2) is 0 Å². The fraction of sp³-hybridized carbons (Fsp3) is 0.391. The van der Waals surface area contributed by atoms with Crippen LogP contribution in [0.5, 0.6) is 11.5 Å². The van der Waals surface area contributed by atoms with Crippen LogP contribution < -0.4 is 9.47 Å². The van der Waals surface area contributed by atoms with E-state index in [9.17, 15) is 9.59 Å². The Bertz CT molecular complexity index is 940. The lowest BCUT2D eigenvalue weighted by Gasteiger charge is -2.32. The number of nitrogens with zero attached hydrogens (tertiary/aromatic N) is 2. The molecule has 2 aromatic carbocycles. The Kier molecular flexibility index (Phi) is 5.43. The van der Waals surface area contributed by atoms with E-state index in [1.807, 2.05) is 24.3 Å². The molecule has 0 bridgehead atoms. The molecule has 0 unspecified atom stereocenters. The van der Waals surface area contributed by atoms with Gasteiger partial charge in [0.25, 0.3) is 0 Å². The highest BCUT2D eigenvalue weighted by Gasteiger charge is 2.27. The van der Waals surface area contributed by atoms with E-state index in [2.05, 4.69) is 12.1 Å². The molecule has 0 spiro atoms. The van der Waals surface area contributed by atoms with Crippen molar-refractivity contribution < 1.29 is 19.1 Å². The van der Waals surface area contributed by atoms with Crippen LogP contribution in [-0.2, 0) is 35.5 Å². The van der Waals surface area contributed by atoms with Crippen molar-refractivity contribution in [3.8, 4) is 11.5 Å². The molecule has 2 aliphatic rings. The zero-order chi connectivity index (χ0) is 20.4. The maximum Gasteiger partial charge on any atom is 0.232 e. The van der Waals surface area contributed by atoms with Crippen molar-refractivity contribution in [3.63, 3.8) is 0 Å². The molecule has 0 fully saturated rings. The Morgan fingerprint density at radius 2 is 1.31 bits per heavy atom. The minimum Gasteiger partial charge on any atom is -0.493 e. The molecular weight excluding hydrogens is 368 g/mol. The number of carbonyl (C=O) groups excluding carboxylic acids is 2. The van der Waals surface area contributed by atoms with E-state index < -0.39 is 0 Å². The molecule has 2 aromatic rings. The molecule has 152 valence electrons. The van der Waals surface area contributed by atoms with Crippen LogP contribution in [0.15, 0.2) is 36.4 Å². The molecule has 29 heavy (non-hydrogen) atoms. The first-order valence-corrected chi connectivity index (χ1v) is 9.95. The van der Waals surface area contributed by atoms with E-state index in [0.717, 1.165) is 24.0 Å². The van der Waals surface area contributed by atoms with Crippen molar-refractivity contribution in [3.05, 3.63) is 58.7 Å². The molecule has 0 radical (unpaired) electrons. The minimum atomic E-state index is -0.116. The third kappa shape index (κ3) is 3.92. The molecule has 2 heterocycles. The van der Waals surface area contributed by atoms with Gasteiger partial charge >= 0.3 is 0 Å². The number of hydrogen-bond acceptors (Lipinski definition) is 4. The lowest BCUT2D eigenvalue weighted by molar-refractivity contribution is -0.141. The van der Waals surface area contributed by atoms with Crippen LogP contribution in [-0.4, -0.2) is 48.9 Å². The highest BCUT2D eigenvalue weighted by atomic mass is 16.5. The molecule has 0 aromatic heterocycles. The van der Waals surface area contributed by atoms with Gasteiger partial charge in [0.1, 0.15) is 6.42 Å². The summed E-state index contributed by atoms with van der Waals surface area (Å²) in [5.74, 6) is 1.15. The molecule has 4 rings (SSSR count). The average Bonchev–Trinajstić information content (AvgIpc) is 2.77. The SMILES string of the molecule is COc1cc2c(cc1OC)CN(C(=O)CC(=O)N1CCc3ccccc3C1)CC2. The van der Waals surface area contributed by atoms with Crippen molar-refractivity contribution >= 4 is 11.8 Å². The summed E-state index contributed by atoms with van der Waals surface area (Å²) in [7, 11) is 3.22. The molecule has 2 amide bonds. The molecule has 0 aliphatic carbocycles. The smallest absolute Gasteiger partial charge is 0.232 e. The van der Waals surface area contributed by atoms with Crippen molar-refractivity contribution in [1.82, 2.24) is 9.80 Å². The van der Waals surface area contributed by atoms with E-state index in [4.69, 9.17) is 9.47 Å². The average molecular weight is 394 g/mol. The summed E-state index contributed by atoms with van der Waals surface area (Å²) >= 11 is 0. The number of ether oxygens (including phenoxy) is 2. The van der Waals surface area contributed by atoms with E-state index in [0.29, 0.717) is 37.7 Å². The Labute approximate surface area is 171 Å². The Morgan fingerprint density at radius 3 is 1.93 bits per heavy atom. The van der Waals surface area contributed by atoms with E-state index >= 15 is 0 Å². The van der Waals surface area contributed by atoms with Crippen molar-refractivity contribution in [2.45, 2.75) is 32.4 Å². The second kappa shape index (κ2) is 8.15. The van der Waals surface area contributed by atoms with Crippen molar-refractivity contribution in [2.24, 2.45) is 0 Å². The molecular formula is C23H26N2O4. The van der Waals surface area contributed by atoms with Crippen LogP contribution in [0, 0.1) is 0 Å². The summed E-state index contributed by atoms with van der Waals surface area (Å²) in [5, 5.41) is 0. The Morgan fingerprint density at radius 1 is 0.793 bits per heavy atom. The first-order valence-electron chi connectivity index (χ1n) is 9.95. The molecule has 6 nitrogen and oxygen atoms in total. The topological polar surface area (TPSA) is 59.1 Å². The Balaban J connectivity index is 1.40. The van der Waals surface area contributed by atoms with Crippen LogP contribution >= 0.6 is 0 Å². The largest absolute Gasteiger partial charge is 0.493 e. The molecule has 0 atom stereocenters. The fourth-order valence-electron chi connectivity index (χ4n) is 4.16. The molecule has 0 N–H and O–H groups in total. The molecule has 0 saturated carbocycles. The summed E-state index contributed by atoms with van der Waals surface area (Å²) in [4.78, 5) is 29.1. The highest BCUT2D eigenvalue weighted by molar-refractivity contribution is 5.97. The minimum absolute atomic E-state index is 0.0786. The number of rotatable bonds is 4. The zero-order valence-corrected chi connectivity index (χ0v) is 16.9. The van der Waals surface area contributed by atoms with E-state index in [1.165, 1.54) is 11.1 Å². The van der Waals surface area contributed by atoms with Gasteiger partial charge < -0.3 is 19.3 Å². The maximum absolute atomic E-state index is 12.8. The van der Waals surface area contributed by atoms with Gasteiger partial charge in [-0.3, -0.25) is 9.59 Å². The molecule has 6 heteroatoms. The zero-order valence-electron chi connectivity index (χ0n) is 16.9. The number of hydrogen-bond donors (Lipinski definition) is 0. The monoisotopic (exact) mass is 394 g/mol. The fourth-order valence-corrected chi connectivity index (χ4v) is 4.16. The summed E-state index contributed by atoms with van der Waals surface area (Å²) in [6.07, 6.45) is 1.51. The van der Waals surface area contributed by atoms with E-state index in [-0.39, 0.29) is 18.2 Å². The number of benzene rings is 2. The number of methoxy groups -OCH3 is 2. The standard InChI is InChI=1S/C23H26N2O4/c1-28-20-11-17-8-10-25(15-19(17)12-21(20)29-2)23(27)13-22(26)24-9-7-16-5-3-4-6-18(16)14-24/h3-6,11-12H,7-10,13-15H2,1-2H3. The third-order valence-corrected chi connectivity index (χ3v) is 5.86. The third-order valence-electron chi connectivity index (χ3n) is 5.86. The first-order chi connectivity index (χ1) is 14.1. The summed E-state index contributed by atoms with van der Waals surface area (Å²) in [6, 6.07) is 12.1. The lowest BCUT2D eigenvalue weighted by atomic mass is 9.98. The number of amides is 2.